The fourth-order valence-corrected chi connectivity index (χ4v) is 5.08. The number of carbonyl (C=O) groups excluding carboxylic acids is 2. The van der Waals surface area contributed by atoms with Gasteiger partial charge < -0.3 is 4.57 Å². The predicted octanol–water partition coefficient (Wildman–Crippen LogP) is 6.22. The van der Waals surface area contributed by atoms with Gasteiger partial charge in [-0.25, -0.2) is 0 Å². The van der Waals surface area contributed by atoms with Crippen LogP contribution < -0.4 is 4.90 Å². The molecule has 1 aliphatic rings. The molecule has 0 unspecified atom stereocenters. The van der Waals surface area contributed by atoms with E-state index in [1.807, 2.05) is 43.5 Å². The van der Waals surface area contributed by atoms with Gasteiger partial charge in [-0.15, -0.1) is 0 Å². The number of amides is 2. The summed E-state index contributed by atoms with van der Waals surface area (Å²) in [7, 11) is 0. The molecule has 0 aliphatic carbocycles. The number of aryl methyl sites for hydroxylation is 1. The molecule has 180 valence electrons. The quantitative estimate of drug-likeness (QED) is 0.181. The molecule has 0 saturated carbocycles. The summed E-state index contributed by atoms with van der Waals surface area (Å²) in [6.07, 6.45) is 3.68. The van der Waals surface area contributed by atoms with Crippen molar-refractivity contribution in [1.29, 1.82) is 0 Å². The molecule has 0 N–H and O–H groups in total. The lowest BCUT2D eigenvalue weighted by atomic mass is 10.1. The van der Waals surface area contributed by atoms with Crippen LogP contribution in [0.5, 0.6) is 0 Å². The Morgan fingerprint density at radius 3 is 2.42 bits per heavy atom. The maximum absolute atomic E-state index is 13.7. The summed E-state index contributed by atoms with van der Waals surface area (Å²) in [5.74, 6) is -0.847. The lowest BCUT2D eigenvalue weighted by molar-refractivity contribution is -0.127. The Balaban J connectivity index is 1.61. The van der Waals surface area contributed by atoms with Gasteiger partial charge in [-0.3, -0.25) is 19.4 Å². The SMILES string of the molecule is CCN1C(=O)/C(=C\c2cn(Cc3cccc(C)c3)c3ccccc23)C(=O)N(c2ccc(Cl)cc2)C1=S. The van der Waals surface area contributed by atoms with Crippen molar-refractivity contribution in [2.45, 2.75) is 20.4 Å². The number of anilines is 1. The first-order chi connectivity index (χ1) is 17.4. The van der Waals surface area contributed by atoms with E-state index in [4.69, 9.17) is 23.8 Å². The number of para-hydroxylation sites is 1. The van der Waals surface area contributed by atoms with Gasteiger partial charge in [0.05, 0.1) is 5.69 Å². The van der Waals surface area contributed by atoms with Crippen molar-refractivity contribution < 1.29 is 9.59 Å². The summed E-state index contributed by atoms with van der Waals surface area (Å²) in [6, 6.07) is 23.2. The van der Waals surface area contributed by atoms with Crippen molar-refractivity contribution in [2.75, 3.05) is 11.4 Å². The molecule has 0 spiro atoms. The first-order valence-electron chi connectivity index (χ1n) is 11.7. The number of thiocarbonyl (C=S) groups is 1. The molecule has 5 nitrogen and oxygen atoms in total. The number of nitrogens with zero attached hydrogens (tertiary/aromatic N) is 3. The van der Waals surface area contributed by atoms with E-state index in [-0.39, 0.29) is 10.7 Å². The summed E-state index contributed by atoms with van der Waals surface area (Å²) in [5, 5.41) is 1.68. The third-order valence-electron chi connectivity index (χ3n) is 6.29. The standard InChI is InChI=1S/C29H24ClN3O2S/c1-3-32-27(34)25(28(35)33(29(32)36)23-13-11-22(30)12-14-23)16-21-18-31(26-10-5-4-9-24(21)26)17-20-8-6-7-19(2)15-20/h4-16,18H,3,17H2,1-2H3/b25-16+. The molecule has 2 heterocycles. The van der Waals surface area contributed by atoms with E-state index in [0.29, 0.717) is 23.8 Å². The summed E-state index contributed by atoms with van der Waals surface area (Å²) in [6.45, 7) is 4.94. The molecule has 7 heteroatoms. The second-order valence-electron chi connectivity index (χ2n) is 8.73. The minimum absolute atomic E-state index is 0.0684. The number of hydrogen-bond donors (Lipinski definition) is 0. The Morgan fingerprint density at radius 2 is 1.69 bits per heavy atom. The number of halogens is 1. The number of benzene rings is 3. The molecule has 1 saturated heterocycles. The van der Waals surface area contributed by atoms with E-state index in [9.17, 15) is 9.59 Å². The Bertz CT molecular complexity index is 1540. The molecule has 2 amide bonds. The van der Waals surface area contributed by atoms with Crippen LogP contribution >= 0.6 is 23.8 Å². The molecule has 5 rings (SSSR count). The highest BCUT2D eigenvalue weighted by atomic mass is 35.5. The van der Waals surface area contributed by atoms with Crippen molar-refractivity contribution in [1.82, 2.24) is 9.47 Å². The molecular weight excluding hydrogens is 490 g/mol. The summed E-state index contributed by atoms with van der Waals surface area (Å²) in [4.78, 5) is 29.9. The molecule has 1 aliphatic heterocycles. The van der Waals surface area contributed by atoms with Crippen molar-refractivity contribution in [2.24, 2.45) is 0 Å². The minimum atomic E-state index is -0.451. The number of aromatic nitrogens is 1. The fraction of sp³-hybridized carbons (Fsp3) is 0.138. The van der Waals surface area contributed by atoms with E-state index in [2.05, 4.69) is 29.7 Å². The number of fused-ring (bicyclic) bond motifs is 1. The van der Waals surface area contributed by atoms with Crippen LogP contribution in [0.15, 0.2) is 84.6 Å². The van der Waals surface area contributed by atoms with Crippen molar-refractivity contribution in [3.05, 3.63) is 106 Å². The van der Waals surface area contributed by atoms with Gasteiger partial charge in [0, 0.05) is 40.8 Å². The average Bonchev–Trinajstić information content (AvgIpc) is 3.20. The zero-order chi connectivity index (χ0) is 25.4. The Kier molecular flexibility index (Phi) is 6.48. The molecule has 0 radical (unpaired) electrons. The maximum Gasteiger partial charge on any atom is 0.270 e. The molecule has 4 aromatic rings. The Labute approximate surface area is 220 Å². The zero-order valence-corrected chi connectivity index (χ0v) is 21.5. The van der Waals surface area contributed by atoms with E-state index in [1.165, 1.54) is 20.9 Å². The second-order valence-corrected chi connectivity index (χ2v) is 9.53. The van der Waals surface area contributed by atoms with Crippen LogP contribution in [0.1, 0.15) is 23.6 Å². The van der Waals surface area contributed by atoms with Crippen LogP contribution in [0.3, 0.4) is 0 Å². The van der Waals surface area contributed by atoms with E-state index in [1.54, 1.807) is 30.3 Å². The van der Waals surface area contributed by atoms with Crippen molar-refractivity contribution >= 4 is 63.4 Å². The second kappa shape index (κ2) is 9.72. The topological polar surface area (TPSA) is 45.6 Å². The largest absolute Gasteiger partial charge is 0.342 e. The molecule has 1 fully saturated rings. The third kappa shape index (κ3) is 4.34. The van der Waals surface area contributed by atoms with Crippen molar-refractivity contribution in [3.63, 3.8) is 0 Å². The lowest BCUT2D eigenvalue weighted by Crippen LogP contribution is -2.56. The van der Waals surface area contributed by atoms with Gasteiger partial charge in [0.1, 0.15) is 5.57 Å². The smallest absolute Gasteiger partial charge is 0.270 e. The predicted molar refractivity (Wildman–Crippen MR) is 149 cm³/mol. The van der Waals surface area contributed by atoms with E-state index >= 15 is 0 Å². The van der Waals surface area contributed by atoms with Crippen LogP contribution in [0.4, 0.5) is 5.69 Å². The molecular formula is C29H24ClN3O2S. The van der Waals surface area contributed by atoms with E-state index in [0.717, 1.165) is 16.5 Å². The molecule has 3 aromatic carbocycles. The summed E-state index contributed by atoms with van der Waals surface area (Å²) >= 11 is 11.6. The van der Waals surface area contributed by atoms with Crippen LogP contribution in [0.25, 0.3) is 17.0 Å². The molecule has 36 heavy (non-hydrogen) atoms. The first kappa shape index (κ1) is 24.0. The number of hydrogen-bond acceptors (Lipinski definition) is 3. The summed E-state index contributed by atoms with van der Waals surface area (Å²) < 4.78 is 2.15. The van der Waals surface area contributed by atoms with Crippen molar-refractivity contribution in [3.8, 4) is 0 Å². The van der Waals surface area contributed by atoms with Gasteiger partial charge in [0.25, 0.3) is 11.8 Å². The number of likely N-dealkylation sites (N-methyl/N-ethyl adjacent to an activating group) is 1. The van der Waals surface area contributed by atoms with Gasteiger partial charge >= 0.3 is 0 Å². The first-order valence-corrected chi connectivity index (χ1v) is 12.5. The fourth-order valence-electron chi connectivity index (χ4n) is 4.56. The Hall–Kier alpha value is -3.74. The number of rotatable bonds is 5. The van der Waals surface area contributed by atoms with Crippen LogP contribution in [-0.4, -0.2) is 32.9 Å². The Morgan fingerprint density at radius 1 is 0.944 bits per heavy atom. The molecule has 0 atom stereocenters. The molecule has 0 bridgehead atoms. The third-order valence-corrected chi connectivity index (χ3v) is 6.94. The monoisotopic (exact) mass is 513 g/mol. The highest BCUT2D eigenvalue weighted by Crippen LogP contribution is 2.30. The zero-order valence-electron chi connectivity index (χ0n) is 19.9. The van der Waals surface area contributed by atoms with Crippen LogP contribution in [0.2, 0.25) is 5.02 Å². The summed E-state index contributed by atoms with van der Waals surface area (Å²) in [5.41, 5.74) is 4.83. The lowest BCUT2D eigenvalue weighted by Gasteiger charge is -2.36. The highest BCUT2D eigenvalue weighted by molar-refractivity contribution is 7.80. The van der Waals surface area contributed by atoms with Gasteiger partial charge in [-0.2, -0.15) is 0 Å². The normalized spacial score (nSPS) is 15.4. The van der Waals surface area contributed by atoms with Gasteiger partial charge in [0.15, 0.2) is 5.11 Å². The van der Waals surface area contributed by atoms with Gasteiger partial charge in [-0.1, -0.05) is 59.6 Å². The number of carbonyl (C=O) groups is 2. The molecule has 1 aromatic heterocycles. The average molecular weight is 514 g/mol. The maximum atomic E-state index is 13.7. The van der Waals surface area contributed by atoms with E-state index < -0.39 is 11.8 Å². The van der Waals surface area contributed by atoms with Gasteiger partial charge in [0.2, 0.25) is 0 Å². The van der Waals surface area contributed by atoms with Crippen LogP contribution in [-0.2, 0) is 16.1 Å². The highest BCUT2D eigenvalue weighted by Gasteiger charge is 2.39. The minimum Gasteiger partial charge on any atom is -0.342 e. The van der Waals surface area contributed by atoms with Gasteiger partial charge in [-0.05, 0) is 68.0 Å². The van der Waals surface area contributed by atoms with Crippen LogP contribution in [0, 0.1) is 6.92 Å².